The number of nitrogen functional groups attached to an aromatic ring is 1. The zero-order valence-corrected chi connectivity index (χ0v) is 15.5. The molecule has 1 aliphatic heterocycles. The summed E-state index contributed by atoms with van der Waals surface area (Å²) in [4.78, 5) is 18.2. The number of hydrogen-bond donors (Lipinski definition) is 1. The predicted octanol–water partition coefficient (Wildman–Crippen LogP) is 2.24. The predicted molar refractivity (Wildman–Crippen MR) is 98.4 cm³/mol. The Kier molecular flexibility index (Phi) is 4.74. The number of aromatic nitrogens is 2. The molecule has 3 rings (SSSR count). The number of fused-ring (bicyclic) bond motifs is 1. The van der Waals surface area contributed by atoms with Gasteiger partial charge in [0.05, 0.1) is 18.8 Å². The van der Waals surface area contributed by atoms with Crippen LogP contribution in [0.3, 0.4) is 0 Å². The molecule has 0 bridgehead atoms. The largest absolute Gasteiger partial charge is 0.450 e. The minimum absolute atomic E-state index is 0.164. The maximum atomic E-state index is 12.2. The van der Waals surface area contributed by atoms with Crippen molar-refractivity contribution < 1.29 is 9.53 Å². The Hall–Kier alpha value is -3.52. The SMILES string of the molecule is CCOC(=O)N1CCc2nc(N)c(C#N)c(-c3cc(C#N)n(C)c3C)c2C1. The molecule has 8 nitrogen and oxygen atoms in total. The van der Waals surface area contributed by atoms with Crippen molar-refractivity contribution in [3.05, 3.63) is 34.3 Å². The van der Waals surface area contributed by atoms with Gasteiger partial charge in [-0.1, -0.05) is 0 Å². The molecule has 0 aliphatic carbocycles. The van der Waals surface area contributed by atoms with E-state index >= 15 is 0 Å². The third-order valence-electron chi connectivity index (χ3n) is 4.94. The Bertz CT molecular complexity index is 1010. The highest BCUT2D eigenvalue weighted by atomic mass is 16.6. The van der Waals surface area contributed by atoms with Crippen molar-refractivity contribution in [2.24, 2.45) is 7.05 Å². The van der Waals surface area contributed by atoms with Gasteiger partial charge in [0.2, 0.25) is 0 Å². The molecule has 0 unspecified atom stereocenters. The molecule has 0 saturated carbocycles. The number of nitrogens with two attached hydrogens (primary N) is 1. The molecule has 2 aromatic rings. The van der Waals surface area contributed by atoms with E-state index in [2.05, 4.69) is 17.1 Å². The molecule has 2 aromatic heterocycles. The summed E-state index contributed by atoms with van der Waals surface area (Å²) in [5.74, 6) is 0.164. The fraction of sp³-hybridized carbons (Fsp3) is 0.368. The first-order chi connectivity index (χ1) is 12.9. The van der Waals surface area contributed by atoms with Crippen molar-refractivity contribution in [3.63, 3.8) is 0 Å². The molecular weight excluding hydrogens is 344 g/mol. The second-order valence-electron chi connectivity index (χ2n) is 6.35. The smallest absolute Gasteiger partial charge is 0.410 e. The summed E-state index contributed by atoms with van der Waals surface area (Å²) >= 11 is 0. The van der Waals surface area contributed by atoms with Crippen molar-refractivity contribution in [2.75, 3.05) is 18.9 Å². The van der Waals surface area contributed by atoms with Crippen molar-refractivity contribution in [1.82, 2.24) is 14.5 Å². The van der Waals surface area contributed by atoms with E-state index < -0.39 is 6.09 Å². The van der Waals surface area contributed by atoms with Crippen LogP contribution in [0.25, 0.3) is 11.1 Å². The summed E-state index contributed by atoms with van der Waals surface area (Å²) in [7, 11) is 1.80. The molecule has 0 atom stereocenters. The zero-order chi connectivity index (χ0) is 19.7. The molecule has 0 spiro atoms. The van der Waals surface area contributed by atoms with Crippen LogP contribution in [0.2, 0.25) is 0 Å². The lowest BCUT2D eigenvalue weighted by molar-refractivity contribution is 0.102. The first kappa shape index (κ1) is 18.3. The minimum Gasteiger partial charge on any atom is -0.450 e. The standard InChI is InChI=1S/C19H20N6O2/c1-4-27-19(26)25-6-5-16-15(10-25)17(14(9-21)18(22)23-16)13-7-12(8-20)24(3)11(13)2/h7H,4-6,10H2,1-3H3,(H2,22,23). The zero-order valence-electron chi connectivity index (χ0n) is 15.5. The third-order valence-corrected chi connectivity index (χ3v) is 4.94. The average molecular weight is 364 g/mol. The van der Waals surface area contributed by atoms with E-state index in [9.17, 15) is 15.3 Å². The molecule has 8 heteroatoms. The quantitative estimate of drug-likeness (QED) is 0.872. The molecule has 27 heavy (non-hydrogen) atoms. The van der Waals surface area contributed by atoms with Gasteiger partial charge in [0, 0.05) is 42.4 Å². The fourth-order valence-electron chi connectivity index (χ4n) is 3.42. The molecule has 0 aromatic carbocycles. The fourth-order valence-corrected chi connectivity index (χ4v) is 3.42. The lowest BCUT2D eigenvalue weighted by Gasteiger charge is -2.29. The topological polar surface area (TPSA) is 121 Å². The van der Waals surface area contributed by atoms with Gasteiger partial charge >= 0.3 is 6.09 Å². The summed E-state index contributed by atoms with van der Waals surface area (Å²) < 4.78 is 6.89. The molecule has 0 fully saturated rings. The first-order valence-corrected chi connectivity index (χ1v) is 8.62. The summed E-state index contributed by atoms with van der Waals surface area (Å²) in [6.45, 7) is 4.69. The van der Waals surface area contributed by atoms with E-state index in [4.69, 9.17) is 10.5 Å². The van der Waals surface area contributed by atoms with Crippen LogP contribution in [0, 0.1) is 29.6 Å². The maximum absolute atomic E-state index is 12.2. The van der Waals surface area contributed by atoms with Gasteiger partial charge < -0.3 is 19.9 Å². The van der Waals surface area contributed by atoms with Crippen LogP contribution >= 0.6 is 0 Å². The number of carbonyl (C=O) groups is 1. The van der Waals surface area contributed by atoms with Crippen LogP contribution in [-0.4, -0.2) is 33.7 Å². The molecule has 0 radical (unpaired) electrons. The monoisotopic (exact) mass is 364 g/mol. The van der Waals surface area contributed by atoms with E-state index in [-0.39, 0.29) is 17.9 Å². The Morgan fingerprint density at radius 3 is 2.74 bits per heavy atom. The van der Waals surface area contributed by atoms with E-state index in [1.54, 1.807) is 29.5 Å². The molecule has 0 saturated heterocycles. The number of nitrogens with zero attached hydrogens (tertiary/aromatic N) is 5. The lowest BCUT2D eigenvalue weighted by Crippen LogP contribution is -2.37. The van der Waals surface area contributed by atoms with Crippen LogP contribution in [0.5, 0.6) is 0 Å². The van der Waals surface area contributed by atoms with Gasteiger partial charge in [-0.25, -0.2) is 9.78 Å². The van der Waals surface area contributed by atoms with Crippen LogP contribution < -0.4 is 5.73 Å². The number of pyridine rings is 1. The highest BCUT2D eigenvalue weighted by Crippen LogP contribution is 2.37. The molecule has 2 N–H and O–H groups in total. The van der Waals surface area contributed by atoms with E-state index in [0.717, 1.165) is 22.5 Å². The number of rotatable bonds is 2. The Labute approximate surface area is 157 Å². The van der Waals surface area contributed by atoms with Gasteiger partial charge in [-0.15, -0.1) is 0 Å². The number of carbonyl (C=O) groups excluding carboxylic acids is 1. The normalized spacial score (nSPS) is 12.9. The van der Waals surface area contributed by atoms with Gasteiger partial charge in [0.1, 0.15) is 29.2 Å². The Morgan fingerprint density at radius 2 is 2.15 bits per heavy atom. The van der Waals surface area contributed by atoms with E-state index in [1.165, 1.54) is 0 Å². The highest BCUT2D eigenvalue weighted by Gasteiger charge is 2.29. The molecule has 1 aliphatic rings. The molecule has 1 amide bonds. The Morgan fingerprint density at radius 1 is 1.41 bits per heavy atom. The average Bonchev–Trinajstić information content (AvgIpc) is 2.94. The number of hydrogen-bond acceptors (Lipinski definition) is 6. The summed E-state index contributed by atoms with van der Waals surface area (Å²) in [6, 6.07) is 6.04. The van der Waals surface area contributed by atoms with Gasteiger partial charge in [-0.2, -0.15) is 10.5 Å². The van der Waals surface area contributed by atoms with Crippen molar-refractivity contribution in [1.29, 1.82) is 10.5 Å². The van der Waals surface area contributed by atoms with Gasteiger partial charge in [-0.3, -0.25) is 0 Å². The highest BCUT2D eigenvalue weighted by molar-refractivity contribution is 5.82. The van der Waals surface area contributed by atoms with Crippen LogP contribution in [0.1, 0.15) is 35.1 Å². The minimum atomic E-state index is -0.396. The molecule has 138 valence electrons. The van der Waals surface area contributed by atoms with Crippen LogP contribution in [0.4, 0.5) is 10.6 Å². The second kappa shape index (κ2) is 7.00. The van der Waals surface area contributed by atoms with Gasteiger partial charge in [-0.05, 0) is 19.9 Å². The molecular formula is C19H20N6O2. The number of ether oxygens (including phenoxy) is 1. The number of anilines is 1. The van der Waals surface area contributed by atoms with Crippen molar-refractivity contribution in [2.45, 2.75) is 26.8 Å². The third kappa shape index (κ3) is 2.96. The van der Waals surface area contributed by atoms with Crippen molar-refractivity contribution in [3.8, 4) is 23.3 Å². The first-order valence-electron chi connectivity index (χ1n) is 8.62. The number of nitriles is 2. The van der Waals surface area contributed by atoms with E-state index in [0.29, 0.717) is 30.8 Å². The Balaban J connectivity index is 2.23. The summed E-state index contributed by atoms with van der Waals surface area (Å²) in [5, 5.41) is 19.1. The second-order valence-corrected chi connectivity index (χ2v) is 6.35. The van der Waals surface area contributed by atoms with Crippen molar-refractivity contribution >= 4 is 11.9 Å². The summed E-state index contributed by atoms with van der Waals surface area (Å²) in [5.41, 5.74) is 10.6. The molecule has 3 heterocycles. The maximum Gasteiger partial charge on any atom is 0.410 e. The van der Waals surface area contributed by atoms with Gasteiger partial charge in [0.25, 0.3) is 0 Å². The van der Waals surface area contributed by atoms with Crippen LogP contribution in [-0.2, 0) is 24.8 Å². The number of amides is 1. The van der Waals surface area contributed by atoms with Gasteiger partial charge in [0.15, 0.2) is 0 Å². The summed E-state index contributed by atoms with van der Waals surface area (Å²) in [6.07, 6.45) is 0.126. The van der Waals surface area contributed by atoms with Crippen LogP contribution in [0.15, 0.2) is 6.07 Å². The lowest BCUT2D eigenvalue weighted by atomic mass is 9.91. The van der Waals surface area contributed by atoms with E-state index in [1.807, 2.05) is 6.92 Å².